The summed E-state index contributed by atoms with van der Waals surface area (Å²) in [6.07, 6.45) is 1.76. The van der Waals surface area contributed by atoms with Crippen molar-refractivity contribution >= 4 is 30.7 Å². The van der Waals surface area contributed by atoms with Crippen molar-refractivity contribution < 1.29 is 9.53 Å². The number of carbonyl (C=O) groups excluding carboxylic acids is 1. The molecular weight excluding hydrogens is 349 g/mol. The van der Waals surface area contributed by atoms with E-state index in [2.05, 4.69) is 29.7 Å². The van der Waals surface area contributed by atoms with Gasteiger partial charge in [0.2, 0.25) is 5.91 Å². The van der Waals surface area contributed by atoms with Crippen LogP contribution in [0.15, 0.2) is 30.3 Å². The number of nitrogens with one attached hydrogen (secondary N) is 2. The zero-order chi connectivity index (χ0) is 16.0. The molecule has 0 radical (unpaired) electrons. The third kappa shape index (κ3) is 6.57. The first-order chi connectivity index (χ1) is 10.5. The van der Waals surface area contributed by atoms with E-state index in [1.807, 2.05) is 18.2 Å². The summed E-state index contributed by atoms with van der Waals surface area (Å²) in [5.74, 6) is -0.111. The molecule has 1 aliphatic rings. The maximum atomic E-state index is 11.8. The predicted molar refractivity (Wildman–Crippen MR) is 102 cm³/mol. The smallest absolute Gasteiger partial charge is 0.236 e. The summed E-state index contributed by atoms with van der Waals surface area (Å²) >= 11 is 0. The number of hydrogen-bond acceptors (Lipinski definition) is 4. The van der Waals surface area contributed by atoms with E-state index in [1.54, 1.807) is 6.92 Å². The molecule has 2 atom stereocenters. The molecule has 5 nitrogen and oxygen atoms in total. The average molecular weight is 378 g/mol. The number of ether oxygens (including phenoxy) is 1. The minimum Gasteiger partial charge on any atom is -0.381 e. The highest BCUT2D eigenvalue weighted by molar-refractivity contribution is 5.85. The van der Waals surface area contributed by atoms with Crippen LogP contribution >= 0.6 is 24.8 Å². The van der Waals surface area contributed by atoms with Gasteiger partial charge < -0.3 is 21.1 Å². The topological polar surface area (TPSA) is 76.4 Å². The number of carbonyl (C=O) groups is 1. The molecule has 1 amide bonds. The first-order valence-corrected chi connectivity index (χ1v) is 7.96. The Bertz CT molecular complexity index is 480. The van der Waals surface area contributed by atoms with Gasteiger partial charge in [-0.3, -0.25) is 4.79 Å². The van der Waals surface area contributed by atoms with E-state index in [0.717, 1.165) is 12.8 Å². The Balaban J connectivity index is 0.00000264. The summed E-state index contributed by atoms with van der Waals surface area (Å²) in [6, 6.07) is 10.1. The summed E-state index contributed by atoms with van der Waals surface area (Å²) < 4.78 is 5.49. The average Bonchev–Trinajstić information content (AvgIpc) is 2.54. The molecule has 0 aliphatic carbocycles. The Morgan fingerprint density at radius 2 is 1.79 bits per heavy atom. The molecule has 24 heavy (non-hydrogen) atoms. The highest BCUT2D eigenvalue weighted by Crippen LogP contribution is 2.25. The maximum absolute atomic E-state index is 11.8. The summed E-state index contributed by atoms with van der Waals surface area (Å²) in [6.45, 7) is 5.85. The molecule has 4 N–H and O–H groups in total. The molecule has 1 aromatic carbocycles. The zero-order valence-corrected chi connectivity index (χ0v) is 15.9. The minimum atomic E-state index is -0.483. The van der Waals surface area contributed by atoms with Crippen molar-refractivity contribution in [2.24, 2.45) is 5.73 Å². The quantitative estimate of drug-likeness (QED) is 0.709. The van der Waals surface area contributed by atoms with Crippen LogP contribution in [0.3, 0.4) is 0 Å². The second kappa shape index (κ2) is 10.9. The Labute approximate surface area is 156 Å². The largest absolute Gasteiger partial charge is 0.381 e. The fourth-order valence-electron chi connectivity index (χ4n) is 2.84. The van der Waals surface area contributed by atoms with Crippen molar-refractivity contribution in [1.82, 2.24) is 10.6 Å². The van der Waals surface area contributed by atoms with Gasteiger partial charge in [-0.1, -0.05) is 30.3 Å². The number of amides is 1. The second-order valence-electron chi connectivity index (χ2n) is 6.18. The zero-order valence-electron chi connectivity index (χ0n) is 14.3. The maximum Gasteiger partial charge on any atom is 0.236 e. The lowest BCUT2D eigenvalue weighted by Gasteiger charge is -2.40. The van der Waals surface area contributed by atoms with Gasteiger partial charge in [-0.25, -0.2) is 0 Å². The predicted octanol–water partition coefficient (Wildman–Crippen LogP) is 2.19. The first kappa shape index (κ1) is 23.1. The molecule has 1 fully saturated rings. The number of hydrogen-bond donors (Lipinski definition) is 3. The van der Waals surface area contributed by atoms with Gasteiger partial charge in [0.15, 0.2) is 0 Å². The summed E-state index contributed by atoms with van der Waals surface area (Å²) in [5.41, 5.74) is 6.73. The lowest BCUT2D eigenvalue weighted by atomic mass is 9.88. The van der Waals surface area contributed by atoms with Crippen LogP contribution in [0, 0.1) is 0 Å². The van der Waals surface area contributed by atoms with E-state index < -0.39 is 6.04 Å². The van der Waals surface area contributed by atoms with E-state index in [4.69, 9.17) is 10.5 Å². The molecule has 1 aromatic rings. The molecule has 0 spiro atoms. The van der Waals surface area contributed by atoms with Gasteiger partial charge in [0.25, 0.3) is 0 Å². The van der Waals surface area contributed by atoms with Crippen LogP contribution in [-0.4, -0.2) is 37.2 Å². The van der Waals surface area contributed by atoms with Gasteiger partial charge in [-0.15, -0.1) is 24.8 Å². The van der Waals surface area contributed by atoms with Crippen LogP contribution in [0.1, 0.15) is 38.3 Å². The molecule has 0 bridgehead atoms. The van der Waals surface area contributed by atoms with E-state index >= 15 is 0 Å². The lowest BCUT2D eigenvalue weighted by Crippen LogP contribution is -2.58. The van der Waals surface area contributed by atoms with Crippen molar-refractivity contribution in [2.75, 3.05) is 19.8 Å². The standard InChI is InChI=1S/C17H27N3O2.2ClH/c1-13(18)16(21)19-12-17(8-10-22-11-9-17)20-14(2)15-6-4-3-5-7-15;;/h3-7,13-14,20H,8-12,18H2,1-2H3,(H,19,21);2*1H/t13-,14?;;/m1../s1. The van der Waals surface area contributed by atoms with Crippen LogP contribution in [0.25, 0.3) is 0 Å². The van der Waals surface area contributed by atoms with Crippen molar-refractivity contribution in [3.05, 3.63) is 35.9 Å². The SMILES string of the molecule is CC(NC1(CNC(=O)[C@@H](C)N)CCOCC1)c1ccccc1.Cl.Cl. The summed E-state index contributed by atoms with van der Waals surface area (Å²) in [4.78, 5) is 11.8. The summed E-state index contributed by atoms with van der Waals surface area (Å²) in [7, 11) is 0. The van der Waals surface area contributed by atoms with Crippen LogP contribution in [0.5, 0.6) is 0 Å². The molecule has 1 unspecified atom stereocenters. The minimum absolute atomic E-state index is 0. The highest BCUT2D eigenvalue weighted by Gasteiger charge is 2.34. The first-order valence-electron chi connectivity index (χ1n) is 7.96. The molecule has 138 valence electrons. The molecule has 0 aromatic heterocycles. The Morgan fingerprint density at radius 1 is 1.21 bits per heavy atom. The van der Waals surface area contributed by atoms with Crippen molar-refractivity contribution in [3.8, 4) is 0 Å². The van der Waals surface area contributed by atoms with Crippen molar-refractivity contribution in [1.29, 1.82) is 0 Å². The number of rotatable bonds is 6. The summed E-state index contributed by atoms with van der Waals surface area (Å²) in [5, 5.41) is 6.67. The fraction of sp³-hybridized carbons (Fsp3) is 0.588. The molecule has 1 aliphatic heterocycles. The third-order valence-corrected chi connectivity index (χ3v) is 4.29. The Hall–Kier alpha value is -0.850. The van der Waals surface area contributed by atoms with Crippen LogP contribution < -0.4 is 16.4 Å². The van der Waals surface area contributed by atoms with Gasteiger partial charge >= 0.3 is 0 Å². The van der Waals surface area contributed by atoms with Crippen LogP contribution in [-0.2, 0) is 9.53 Å². The lowest BCUT2D eigenvalue weighted by molar-refractivity contribution is -0.122. The fourth-order valence-corrected chi connectivity index (χ4v) is 2.84. The van der Waals surface area contributed by atoms with Crippen molar-refractivity contribution in [2.45, 2.75) is 44.3 Å². The van der Waals surface area contributed by atoms with E-state index in [9.17, 15) is 4.79 Å². The van der Waals surface area contributed by atoms with Gasteiger partial charge in [-0.2, -0.15) is 0 Å². The highest BCUT2D eigenvalue weighted by atomic mass is 35.5. The monoisotopic (exact) mass is 377 g/mol. The molecule has 2 rings (SSSR count). The van der Waals surface area contributed by atoms with Gasteiger partial charge in [0.05, 0.1) is 6.04 Å². The van der Waals surface area contributed by atoms with Crippen LogP contribution in [0.4, 0.5) is 0 Å². The second-order valence-corrected chi connectivity index (χ2v) is 6.18. The molecule has 7 heteroatoms. The van der Waals surface area contributed by atoms with Crippen LogP contribution in [0.2, 0.25) is 0 Å². The Morgan fingerprint density at radius 3 is 2.33 bits per heavy atom. The van der Waals surface area contributed by atoms with E-state index in [1.165, 1.54) is 5.56 Å². The number of nitrogens with two attached hydrogens (primary N) is 1. The van der Waals surface area contributed by atoms with E-state index in [0.29, 0.717) is 19.8 Å². The van der Waals surface area contributed by atoms with Gasteiger partial charge in [-0.05, 0) is 32.3 Å². The van der Waals surface area contributed by atoms with Gasteiger partial charge in [0.1, 0.15) is 0 Å². The molecule has 1 saturated heterocycles. The van der Waals surface area contributed by atoms with E-state index in [-0.39, 0.29) is 42.3 Å². The Kier molecular flexibility index (Phi) is 10.5. The third-order valence-electron chi connectivity index (χ3n) is 4.29. The molecular formula is C17H29Cl2N3O2. The normalized spacial score (nSPS) is 18.5. The molecule has 0 saturated carbocycles. The number of halogens is 2. The molecule has 1 heterocycles. The van der Waals surface area contributed by atoms with Crippen molar-refractivity contribution in [3.63, 3.8) is 0 Å². The van der Waals surface area contributed by atoms with Gasteiger partial charge in [0, 0.05) is 31.3 Å². The number of benzene rings is 1.